The lowest BCUT2D eigenvalue weighted by Crippen LogP contribution is -2.07. The van der Waals surface area contributed by atoms with E-state index in [0.29, 0.717) is 17.1 Å². The number of nitrogens with zero attached hydrogens (tertiary/aromatic N) is 1. The summed E-state index contributed by atoms with van der Waals surface area (Å²) in [5, 5.41) is 0. The van der Waals surface area contributed by atoms with Crippen LogP contribution in [0.4, 0.5) is 0 Å². The Morgan fingerprint density at radius 1 is 1.08 bits per heavy atom. The molecule has 0 saturated carbocycles. The number of carbonyl (C=O) groups excluding carboxylic acids is 1. The molecule has 0 atom stereocenters. The fraction of sp³-hybridized carbons (Fsp3) is 0.100. The van der Waals surface area contributed by atoms with Gasteiger partial charge in [0.1, 0.15) is 29.4 Å². The highest BCUT2D eigenvalue weighted by Gasteiger charge is 2.15. The van der Waals surface area contributed by atoms with E-state index in [1.165, 1.54) is 0 Å². The first kappa shape index (κ1) is 17.9. The maximum Gasteiger partial charge on any atom is 0.342 e. The summed E-state index contributed by atoms with van der Waals surface area (Å²) in [6.07, 6.45) is 3.23. The van der Waals surface area contributed by atoms with Crippen LogP contribution < -0.4 is 9.47 Å². The Morgan fingerprint density at radius 3 is 2.65 bits per heavy atom. The van der Waals surface area contributed by atoms with Gasteiger partial charge in [-0.15, -0.1) is 0 Å². The molecule has 0 fully saturated rings. The number of halogens is 1. The first-order valence-electron chi connectivity index (χ1n) is 7.84. The predicted octanol–water partition coefficient (Wildman–Crippen LogP) is 5.00. The van der Waals surface area contributed by atoms with Crippen molar-refractivity contribution in [3.8, 4) is 17.2 Å². The van der Waals surface area contributed by atoms with Gasteiger partial charge in [0.25, 0.3) is 0 Å². The van der Waals surface area contributed by atoms with Gasteiger partial charge in [0.05, 0.1) is 17.8 Å². The molecular formula is C20H16BrNO4. The van der Waals surface area contributed by atoms with Gasteiger partial charge in [-0.25, -0.2) is 4.79 Å². The highest BCUT2D eigenvalue weighted by molar-refractivity contribution is 9.10. The number of aromatic nitrogens is 1. The normalized spacial score (nSPS) is 10.2. The van der Waals surface area contributed by atoms with E-state index in [1.807, 2.05) is 18.2 Å². The van der Waals surface area contributed by atoms with E-state index in [1.54, 1.807) is 55.9 Å². The van der Waals surface area contributed by atoms with Gasteiger partial charge < -0.3 is 14.2 Å². The van der Waals surface area contributed by atoms with Crippen LogP contribution in [0.2, 0.25) is 0 Å². The number of hydrogen-bond acceptors (Lipinski definition) is 5. The van der Waals surface area contributed by atoms with Crippen molar-refractivity contribution in [2.24, 2.45) is 0 Å². The molecular weight excluding hydrogens is 398 g/mol. The molecule has 0 radical (unpaired) electrons. The Kier molecular flexibility index (Phi) is 5.86. The second kappa shape index (κ2) is 8.49. The van der Waals surface area contributed by atoms with Crippen LogP contribution in [0.1, 0.15) is 15.9 Å². The first-order chi connectivity index (χ1) is 12.7. The Labute approximate surface area is 159 Å². The van der Waals surface area contributed by atoms with Gasteiger partial charge in [0.15, 0.2) is 0 Å². The van der Waals surface area contributed by atoms with Crippen molar-refractivity contribution in [2.75, 3.05) is 7.11 Å². The molecule has 0 aliphatic carbocycles. The number of para-hydroxylation sites is 1. The van der Waals surface area contributed by atoms with Crippen LogP contribution >= 0.6 is 15.9 Å². The fourth-order valence-corrected chi connectivity index (χ4v) is 2.87. The molecule has 1 heterocycles. The van der Waals surface area contributed by atoms with Gasteiger partial charge >= 0.3 is 5.97 Å². The van der Waals surface area contributed by atoms with Crippen molar-refractivity contribution in [1.82, 2.24) is 4.98 Å². The lowest BCUT2D eigenvalue weighted by molar-refractivity contribution is 0.0470. The molecule has 0 saturated heterocycles. The molecule has 132 valence electrons. The summed E-state index contributed by atoms with van der Waals surface area (Å²) < 4.78 is 17.2. The molecule has 0 amide bonds. The topological polar surface area (TPSA) is 57.7 Å². The molecule has 0 bridgehead atoms. The van der Waals surface area contributed by atoms with Gasteiger partial charge in [-0.3, -0.25) is 4.98 Å². The standard InChI is InChI=1S/C20H16BrNO4/c1-24-19-9-8-14(11-17(19)21)13-25-20(23)16-6-2-3-7-18(16)26-15-5-4-10-22-12-15/h2-12H,13H2,1H3. The highest BCUT2D eigenvalue weighted by Crippen LogP contribution is 2.27. The third kappa shape index (κ3) is 4.40. The Balaban J connectivity index is 1.71. The van der Waals surface area contributed by atoms with Gasteiger partial charge in [0.2, 0.25) is 0 Å². The number of esters is 1. The van der Waals surface area contributed by atoms with E-state index in [0.717, 1.165) is 15.8 Å². The number of rotatable bonds is 6. The Morgan fingerprint density at radius 2 is 1.92 bits per heavy atom. The Bertz CT molecular complexity index is 899. The van der Waals surface area contributed by atoms with E-state index < -0.39 is 5.97 Å². The minimum absolute atomic E-state index is 0.142. The summed E-state index contributed by atoms with van der Waals surface area (Å²) in [6.45, 7) is 0.142. The molecule has 0 spiro atoms. The van der Waals surface area contributed by atoms with E-state index >= 15 is 0 Å². The van der Waals surface area contributed by atoms with Crippen LogP contribution in [0.15, 0.2) is 71.5 Å². The third-order valence-electron chi connectivity index (χ3n) is 3.56. The first-order valence-corrected chi connectivity index (χ1v) is 8.63. The number of pyridine rings is 1. The number of hydrogen-bond donors (Lipinski definition) is 0. The molecule has 3 rings (SSSR count). The Hall–Kier alpha value is -2.86. The number of benzene rings is 2. The summed E-state index contributed by atoms with van der Waals surface area (Å²) in [5.74, 6) is 1.22. The van der Waals surface area contributed by atoms with E-state index in [4.69, 9.17) is 14.2 Å². The molecule has 0 aliphatic rings. The second-order valence-corrected chi connectivity index (χ2v) is 6.19. The van der Waals surface area contributed by atoms with Gasteiger partial charge in [0, 0.05) is 6.20 Å². The summed E-state index contributed by atoms with van der Waals surface area (Å²) in [6, 6.07) is 16.0. The molecule has 1 aromatic heterocycles. The zero-order valence-electron chi connectivity index (χ0n) is 14.0. The molecule has 6 heteroatoms. The maximum absolute atomic E-state index is 12.5. The summed E-state index contributed by atoms with van der Waals surface area (Å²) >= 11 is 3.42. The zero-order chi connectivity index (χ0) is 18.4. The molecule has 26 heavy (non-hydrogen) atoms. The minimum Gasteiger partial charge on any atom is -0.496 e. The maximum atomic E-state index is 12.5. The number of ether oxygens (including phenoxy) is 3. The van der Waals surface area contributed by atoms with Crippen LogP contribution in [-0.4, -0.2) is 18.1 Å². The lowest BCUT2D eigenvalue weighted by Gasteiger charge is -2.11. The largest absolute Gasteiger partial charge is 0.496 e. The second-order valence-electron chi connectivity index (χ2n) is 5.33. The monoisotopic (exact) mass is 413 g/mol. The van der Waals surface area contributed by atoms with Crippen LogP contribution in [0.25, 0.3) is 0 Å². The van der Waals surface area contributed by atoms with Crippen molar-refractivity contribution in [3.05, 3.63) is 82.6 Å². The van der Waals surface area contributed by atoms with Gasteiger partial charge in [-0.2, -0.15) is 0 Å². The highest BCUT2D eigenvalue weighted by atomic mass is 79.9. The minimum atomic E-state index is -0.462. The average Bonchev–Trinajstić information content (AvgIpc) is 2.67. The summed E-state index contributed by atoms with van der Waals surface area (Å²) in [4.78, 5) is 16.5. The summed E-state index contributed by atoms with van der Waals surface area (Å²) in [7, 11) is 1.60. The molecule has 0 aliphatic heterocycles. The van der Waals surface area contributed by atoms with E-state index in [9.17, 15) is 4.79 Å². The predicted molar refractivity (Wildman–Crippen MR) is 101 cm³/mol. The van der Waals surface area contributed by atoms with Crippen molar-refractivity contribution < 1.29 is 19.0 Å². The van der Waals surface area contributed by atoms with Crippen molar-refractivity contribution >= 4 is 21.9 Å². The third-order valence-corrected chi connectivity index (χ3v) is 4.18. The molecule has 0 N–H and O–H groups in total. The SMILES string of the molecule is COc1ccc(COC(=O)c2ccccc2Oc2cccnc2)cc1Br. The smallest absolute Gasteiger partial charge is 0.342 e. The summed E-state index contributed by atoms with van der Waals surface area (Å²) in [5.41, 5.74) is 1.20. The van der Waals surface area contributed by atoms with Crippen LogP contribution in [0, 0.1) is 0 Å². The van der Waals surface area contributed by atoms with Crippen molar-refractivity contribution in [2.45, 2.75) is 6.61 Å². The van der Waals surface area contributed by atoms with Crippen LogP contribution in [0.5, 0.6) is 17.2 Å². The van der Waals surface area contributed by atoms with E-state index in [-0.39, 0.29) is 6.61 Å². The van der Waals surface area contributed by atoms with Crippen LogP contribution in [0.3, 0.4) is 0 Å². The number of carbonyl (C=O) groups is 1. The van der Waals surface area contributed by atoms with Crippen molar-refractivity contribution in [3.63, 3.8) is 0 Å². The molecule has 2 aromatic carbocycles. The molecule has 5 nitrogen and oxygen atoms in total. The van der Waals surface area contributed by atoms with Gasteiger partial charge in [-0.05, 0) is 57.9 Å². The van der Waals surface area contributed by atoms with Crippen LogP contribution in [-0.2, 0) is 11.3 Å². The zero-order valence-corrected chi connectivity index (χ0v) is 15.6. The van der Waals surface area contributed by atoms with Gasteiger partial charge in [-0.1, -0.05) is 18.2 Å². The lowest BCUT2D eigenvalue weighted by atomic mass is 10.2. The average molecular weight is 414 g/mol. The molecule has 3 aromatic rings. The van der Waals surface area contributed by atoms with Crippen molar-refractivity contribution in [1.29, 1.82) is 0 Å². The van der Waals surface area contributed by atoms with E-state index in [2.05, 4.69) is 20.9 Å². The number of methoxy groups -OCH3 is 1. The fourth-order valence-electron chi connectivity index (χ4n) is 2.29. The quantitative estimate of drug-likeness (QED) is 0.532. The molecule has 0 unspecified atom stereocenters.